The van der Waals surface area contributed by atoms with Crippen LogP contribution < -0.4 is 5.32 Å². The molecule has 0 radical (unpaired) electrons. The maximum Gasteiger partial charge on any atom is 0.251 e. The fraction of sp³-hybridized carbons (Fsp3) is 0.154. The first-order chi connectivity index (χ1) is 8.27. The summed E-state index contributed by atoms with van der Waals surface area (Å²) in [5.74, 6) is -0.167. The van der Waals surface area contributed by atoms with Crippen molar-refractivity contribution in [1.29, 1.82) is 0 Å². The van der Waals surface area contributed by atoms with Crippen LogP contribution in [0.25, 0.3) is 0 Å². The average molecular weight is 247 g/mol. The zero-order valence-electron chi connectivity index (χ0n) is 9.17. The van der Waals surface area contributed by atoms with Crippen LogP contribution in [-0.2, 0) is 0 Å². The summed E-state index contributed by atoms with van der Waals surface area (Å²) >= 11 is 1.53. The van der Waals surface area contributed by atoms with Crippen LogP contribution in [0.4, 0.5) is 0 Å². The third kappa shape index (κ3) is 3.15. The molecular weight excluding hydrogens is 234 g/mol. The Bertz CT molecular complexity index is 467. The smallest absolute Gasteiger partial charge is 0.251 e. The lowest BCUT2D eigenvalue weighted by Crippen LogP contribution is -2.28. The van der Waals surface area contributed by atoms with Crippen LogP contribution in [0.2, 0.25) is 0 Å². The van der Waals surface area contributed by atoms with Gasteiger partial charge in [-0.05, 0) is 34.5 Å². The van der Waals surface area contributed by atoms with Gasteiger partial charge in [-0.1, -0.05) is 18.2 Å². The van der Waals surface area contributed by atoms with Crippen LogP contribution >= 0.6 is 11.3 Å². The molecule has 1 unspecified atom stereocenters. The van der Waals surface area contributed by atoms with Gasteiger partial charge in [0.1, 0.15) is 0 Å². The van der Waals surface area contributed by atoms with E-state index in [1.54, 1.807) is 12.1 Å². The van der Waals surface area contributed by atoms with Crippen LogP contribution in [0.15, 0.2) is 47.2 Å². The first-order valence-electron chi connectivity index (χ1n) is 5.31. The fourth-order valence-electron chi connectivity index (χ4n) is 1.46. The normalized spacial score (nSPS) is 12.1. The number of hydrogen-bond acceptors (Lipinski definition) is 3. The zero-order chi connectivity index (χ0) is 12.1. The maximum absolute atomic E-state index is 11.7. The van der Waals surface area contributed by atoms with Gasteiger partial charge in [-0.3, -0.25) is 4.79 Å². The van der Waals surface area contributed by atoms with Crippen molar-refractivity contribution in [1.82, 2.24) is 5.32 Å². The Kier molecular flexibility index (Phi) is 3.90. The van der Waals surface area contributed by atoms with Gasteiger partial charge in [0.25, 0.3) is 5.91 Å². The van der Waals surface area contributed by atoms with E-state index in [2.05, 4.69) is 5.32 Å². The molecule has 2 rings (SSSR count). The molecule has 2 aromatic rings. The Hall–Kier alpha value is -1.65. The molecule has 0 aliphatic rings. The Labute approximate surface area is 104 Å². The molecule has 0 spiro atoms. The molecule has 0 aliphatic heterocycles. The lowest BCUT2D eigenvalue weighted by Gasteiger charge is -2.10. The number of benzene rings is 1. The Morgan fingerprint density at radius 2 is 2.06 bits per heavy atom. The Morgan fingerprint density at radius 3 is 2.71 bits per heavy atom. The Balaban J connectivity index is 1.89. The van der Waals surface area contributed by atoms with Crippen molar-refractivity contribution in [2.75, 3.05) is 6.54 Å². The molecule has 1 amide bonds. The van der Waals surface area contributed by atoms with Gasteiger partial charge in [-0.25, -0.2) is 0 Å². The van der Waals surface area contributed by atoms with E-state index < -0.39 is 6.10 Å². The van der Waals surface area contributed by atoms with Crippen molar-refractivity contribution in [3.8, 4) is 0 Å². The number of amides is 1. The van der Waals surface area contributed by atoms with E-state index in [1.165, 1.54) is 11.3 Å². The second-order valence-electron chi connectivity index (χ2n) is 3.65. The minimum Gasteiger partial charge on any atom is -0.387 e. The molecule has 4 heteroatoms. The number of hydrogen-bond donors (Lipinski definition) is 2. The molecule has 17 heavy (non-hydrogen) atoms. The van der Waals surface area contributed by atoms with Crippen LogP contribution in [0, 0.1) is 0 Å². The standard InChI is InChI=1S/C13H13NO2S/c15-12(11-6-7-17-9-11)8-14-13(16)10-4-2-1-3-5-10/h1-7,9,12,15H,8H2,(H,14,16). The monoisotopic (exact) mass is 247 g/mol. The van der Waals surface area contributed by atoms with E-state index in [-0.39, 0.29) is 12.5 Å². The second kappa shape index (κ2) is 5.61. The number of aliphatic hydroxyl groups is 1. The summed E-state index contributed by atoms with van der Waals surface area (Å²) in [7, 11) is 0. The highest BCUT2D eigenvalue weighted by atomic mass is 32.1. The summed E-state index contributed by atoms with van der Waals surface area (Å²) in [4.78, 5) is 11.7. The molecule has 0 bridgehead atoms. The van der Waals surface area contributed by atoms with Gasteiger partial charge < -0.3 is 10.4 Å². The lowest BCUT2D eigenvalue weighted by atomic mass is 10.2. The summed E-state index contributed by atoms with van der Waals surface area (Å²) in [5, 5.41) is 16.3. The minimum atomic E-state index is -0.645. The molecule has 0 saturated heterocycles. The third-order valence-electron chi connectivity index (χ3n) is 2.42. The molecule has 0 aliphatic carbocycles. The zero-order valence-corrected chi connectivity index (χ0v) is 9.98. The van der Waals surface area contributed by atoms with E-state index in [9.17, 15) is 9.90 Å². The van der Waals surface area contributed by atoms with Crippen LogP contribution in [0.5, 0.6) is 0 Å². The largest absolute Gasteiger partial charge is 0.387 e. The predicted octanol–water partition coefficient (Wildman–Crippen LogP) is 2.21. The molecule has 1 atom stereocenters. The van der Waals surface area contributed by atoms with Gasteiger partial charge in [0.2, 0.25) is 0 Å². The molecule has 3 nitrogen and oxygen atoms in total. The first-order valence-corrected chi connectivity index (χ1v) is 6.25. The summed E-state index contributed by atoms with van der Waals surface area (Å²) in [6.07, 6.45) is -0.645. The molecular formula is C13H13NO2S. The van der Waals surface area contributed by atoms with Gasteiger partial charge >= 0.3 is 0 Å². The highest BCUT2D eigenvalue weighted by Crippen LogP contribution is 2.15. The molecule has 2 N–H and O–H groups in total. The van der Waals surface area contributed by atoms with Gasteiger partial charge in [-0.15, -0.1) is 0 Å². The van der Waals surface area contributed by atoms with Crippen LogP contribution in [0.3, 0.4) is 0 Å². The van der Waals surface area contributed by atoms with E-state index >= 15 is 0 Å². The summed E-state index contributed by atoms with van der Waals surface area (Å²) < 4.78 is 0. The molecule has 1 heterocycles. The summed E-state index contributed by atoms with van der Waals surface area (Å²) in [6.45, 7) is 0.227. The number of nitrogens with one attached hydrogen (secondary N) is 1. The van der Waals surface area contributed by atoms with E-state index in [1.807, 2.05) is 35.0 Å². The number of carbonyl (C=O) groups is 1. The molecule has 1 aromatic heterocycles. The topological polar surface area (TPSA) is 49.3 Å². The average Bonchev–Trinajstić information content (AvgIpc) is 2.90. The maximum atomic E-state index is 11.7. The molecule has 88 valence electrons. The molecule has 0 fully saturated rings. The summed E-state index contributed by atoms with van der Waals surface area (Å²) in [5.41, 5.74) is 1.44. The van der Waals surface area contributed by atoms with E-state index in [0.29, 0.717) is 5.56 Å². The highest BCUT2D eigenvalue weighted by Gasteiger charge is 2.10. The SMILES string of the molecule is O=C(NCC(O)c1ccsc1)c1ccccc1. The van der Waals surface area contributed by atoms with Gasteiger partial charge in [0, 0.05) is 12.1 Å². The highest BCUT2D eigenvalue weighted by molar-refractivity contribution is 7.07. The van der Waals surface area contributed by atoms with Crippen LogP contribution in [-0.4, -0.2) is 17.6 Å². The number of rotatable bonds is 4. The number of thiophene rings is 1. The van der Waals surface area contributed by atoms with Crippen molar-refractivity contribution in [2.24, 2.45) is 0 Å². The van der Waals surface area contributed by atoms with Crippen molar-refractivity contribution in [3.05, 3.63) is 58.3 Å². The lowest BCUT2D eigenvalue weighted by molar-refractivity contribution is 0.0916. The number of carbonyl (C=O) groups excluding carboxylic acids is 1. The molecule has 0 saturated carbocycles. The van der Waals surface area contributed by atoms with Crippen LogP contribution in [0.1, 0.15) is 22.0 Å². The predicted molar refractivity (Wildman–Crippen MR) is 68.1 cm³/mol. The van der Waals surface area contributed by atoms with Gasteiger partial charge in [0.15, 0.2) is 0 Å². The minimum absolute atomic E-state index is 0.167. The Morgan fingerprint density at radius 1 is 1.29 bits per heavy atom. The van der Waals surface area contributed by atoms with Gasteiger partial charge in [0.05, 0.1) is 6.10 Å². The van der Waals surface area contributed by atoms with Crippen molar-refractivity contribution >= 4 is 17.2 Å². The van der Waals surface area contributed by atoms with Crippen molar-refractivity contribution in [2.45, 2.75) is 6.10 Å². The summed E-state index contributed by atoms with van der Waals surface area (Å²) in [6, 6.07) is 10.8. The third-order valence-corrected chi connectivity index (χ3v) is 3.12. The van der Waals surface area contributed by atoms with Crippen molar-refractivity contribution in [3.63, 3.8) is 0 Å². The van der Waals surface area contributed by atoms with E-state index in [4.69, 9.17) is 0 Å². The van der Waals surface area contributed by atoms with E-state index in [0.717, 1.165) is 5.56 Å². The first kappa shape index (κ1) is 11.8. The second-order valence-corrected chi connectivity index (χ2v) is 4.43. The number of aliphatic hydroxyl groups excluding tert-OH is 1. The van der Waals surface area contributed by atoms with Crippen molar-refractivity contribution < 1.29 is 9.90 Å². The quantitative estimate of drug-likeness (QED) is 0.870. The molecule has 1 aromatic carbocycles. The van der Waals surface area contributed by atoms with Gasteiger partial charge in [-0.2, -0.15) is 11.3 Å². The fourth-order valence-corrected chi connectivity index (χ4v) is 2.17.